The number of ether oxygens (including phenoxy) is 2. The van der Waals surface area contributed by atoms with E-state index in [0.29, 0.717) is 64.4 Å². The summed E-state index contributed by atoms with van der Waals surface area (Å²) in [5, 5.41) is 7.00. The summed E-state index contributed by atoms with van der Waals surface area (Å²) in [6.07, 6.45) is -4.13. The molecule has 3 aromatic rings. The fraction of sp³-hybridized carbons (Fsp3) is 0.516. The predicted molar refractivity (Wildman–Crippen MR) is 168 cm³/mol. The molecule has 0 aliphatic carbocycles. The molecule has 43 heavy (non-hydrogen) atoms. The van der Waals surface area contributed by atoms with Crippen molar-refractivity contribution in [2.24, 2.45) is 0 Å². The van der Waals surface area contributed by atoms with Crippen molar-refractivity contribution in [3.63, 3.8) is 0 Å². The zero-order valence-corrected chi connectivity index (χ0v) is 26.3. The number of anilines is 2. The van der Waals surface area contributed by atoms with Crippen molar-refractivity contribution in [1.29, 1.82) is 0 Å². The summed E-state index contributed by atoms with van der Waals surface area (Å²) in [5.41, 5.74) is 2.42. The van der Waals surface area contributed by atoms with Crippen molar-refractivity contribution < 1.29 is 27.0 Å². The quantitative estimate of drug-likeness (QED) is 0.174. The van der Waals surface area contributed by atoms with E-state index in [1.54, 1.807) is 19.2 Å². The second-order valence-corrected chi connectivity index (χ2v) is 14.3. The van der Waals surface area contributed by atoms with E-state index in [4.69, 9.17) is 9.47 Å². The second-order valence-electron chi connectivity index (χ2n) is 11.1. The van der Waals surface area contributed by atoms with E-state index in [1.165, 1.54) is 11.3 Å². The molecule has 6 nitrogen and oxygen atoms in total. The fourth-order valence-electron chi connectivity index (χ4n) is 5.67. The summed E-state index contributed by atoms with van der Waals surface area (Å²) in [6.45, 7) is 6.93. The number of nitrogens with zero attached hydrogens (tertiary/aromatic N) is 2. The molecule has 12 heteroatoms. The van der Waals surface area contributed by atoms with Crippen LogP contribution >= 0.6 is 19.3 Å². The zero-order chi connectivity index (χ0) is 30.6. The highest BCUT2D eigenvalue weighted by molar-refractivity contribution is 7.63. The van der Waals surface area contributed by atoms with Crippen LogP contribution in [0.25, 0.3) is 10.1 Å². The minimum atomic E-state index is -4.40. The topological polar surface area (TPSA) is 58.7 Å². The number of rotatable bonds is 8. The molecule has 5 rings (SSSR count). The lowest BCUT2D eigenvalue weighted by atomic mass is 9.98. The van der Waals surface area contributed by atoms with Crippen LogP contribution in [-0.4, -0.2) is 87.6 Å². The number of fused-ring (bicyclic) bond motifs is 1. The van der Waals surface area contributed by atoms with E-state index in [1.807, 2.05) is 18.2 Å². The summed E-state index contributed by atoms with van der Waals surface area (Å²) in [6, 6.07) is 8.96. The van der Waals surface area contributed by atoms with Crippen molar-refractivity contribution >= 4 is 46.2 Å². The molecule has 0 amide bonds. The molecule has 2 aliphatic rings. The Morgan fingerprint density at radius 1 is 1.14 bits per heavy atom. The molecule has 2 N–H and O–H groups in total. The van der Waals surface area contributed by atoms with E-state index in [-0.39, 0.29) is 20.0 Å². The van der Waals surface area contributed by atoms with Gasteiger partial charge in [0, 0.05) is 32.3 Å². The Morgan fingerprint density at radius 2 is 1.93 bits per heavy atom. The molecule has 2 atom stereocenters. The largest absolute Gasteiger partial charge is 0.480 e. The van der Waals surface area contributed by atoms with Crippen molar-refractivity contribution in [2.75, 3.05) is 63.9 Å². The standard InChI is InChI=1S/C31H37F4N4O2PS/c1-40-30-26(9-10-28(38-30)42(2)3)36-14-5-8-27-22(18-31(33,34)35)21-6-4-7-25(29(21)43-27)37-24-11-15-39(19-23(24)32)20-12-16-41-17-13-20/h4,6-7,9-10,20,23-24,36-37H,11-19H2,1-3H3/t23-,24+/m0/s1. The van der Waals surface area contributed by atoms with Gasteiger partial charge in [0.25, 0.3) is 0 Å². The number of methoxy groups -OCH3 is 1. The van der Waals surface area contributed by atoms with Gasteiger partial charge in [0.2, 0.25) is 5.88 Å². The average Bonchev–Trinajstić information content (AvgIpc) is 3.33. The van der Waals surface area contributed by atoms with Crippen LogP contribution < -0.4 is 20.8 Å². The predicted octanol–water partition coefficient (Wildman–Crippen LogP) is 6.24. The summed E-state index contributed by atoms with van der Waals surface area (Å²) in [5.74, 6) is 6.41. The van der Waals surface area contributed by atoms with Gasteiger partial charge in [0.05, 0.1) is 52.5 Å². The van der Waals surface area contributed by atoms with Gasteiger partial charge in [-0.25, -0.2) is 9.37 Å². The molecule has 0 saturated carbocycles. The van der Waals surface area contributed by atoms with Crippen molar-refractivity contribution in [1.82, 2.24) is 9.88 Å². The van der Waals surface area contributed by atoms with Gasteiger partial charge in [-0.05, 0) is 61.7 Å². The van der Waals surface area contributed by atoms with Crippen LogP contribution in [0.1, 0.15) is 29.7 Å². The fourth-order valence-corrected chi connectivity index (χ4v) is 7.50. The van der Waals surface area contributed by atoms with E-state index >= 15 is 4.39 Å². The van der Waals surface area contributed by atoms with Crippen molar-refractivity contribution in [3.05, 3.63) is 40.8 Å². The van der Waals surface area contributed by atoms with E-state index < -0.39 is 24.8 Å². The molecule has 2 fully saturated rings. The second kappa shape index (κ2) is 14.0. The number of hydrogen-bond donors (Lipinski definition) is 2. The van der Waals surface area contributed by atoms with Gasteiger partial charge in [-0.3, -0.25) is 4.90 Å². The molecular weight excluding hydrogens is 599 g/mol. The average molecular weight is 637 g/mol. The zero-order valence-electron chi connectivity index (χ0n) is 24.6. The van der Waals surface area contributed by atoms with Gasteiger partial charge in [0.1, 0.15) is 6.17 Å². The summed E-state index contributed by atoms with van der Waals surface area (Å²) < 4.78 is 67.9. The molecule has 1 aromatic carbocycles. The van der Waals surface area contributed by atoms with Crippen LogP contribution in [0, 0.1) is 11.8 Å². The third-order valence-corrected chi connectivity index (χ3v) is 10.2. The van der Waals surface area contributed by atoms with Gasteiger partial charge in [-0.2, -0.15) is 13.2 Å². The Morgan fingerprint density at radius 3 is 2.63 bits per heavy atom. The number of thiophene rings is 1. The minimum absolute atomic E-state index is 0.151. The number of halogens is 4. The maximum atomic E-state index is 15.4. The van der Waals surface area contributed by atoms with Gasteiger partial charge in [-0.1, -0.05) is 31.9 Å². The molecule has 232 valence electrons. The summed E-state index contributed by atoms with van der Waals surface area (Å²) in [4.78, 5) is 7.11. The van der Waals surface area contributed by atoms with Gasteiger partial charge in [-0.15, -0.1) is 11.3 Å². The number of aromatic nitrogens is 1. The van der Waals surface area contributed by atoms with Crippen LogP contribution in [0.4, 0.5) is 28.9 Å². The lowest BCUT2D eigenvalue weighted by Gasteiger charge is -2.41. The third kappa shape index (κ3) is 7.91. The molecule has 0 unspecified atom stereocenters. The first-order chi connectivity index (χ1) is 20.6. The highest BCUT2D eigenvalue weighted by Crippen LogP contribution is 2.40. The normalized spacial score (nSPS) is 20.2. The number of hydrogen-bond acceptors (Lipinski definition) is 7. The summed E-state index contributed by atoms with van der Waals surface area (Å²) in [7, 11) is 1.16. The number of nitrogens with one attached hydrogen (secondary N) is 2. The molecular formula is C31H37F4N4O2PS. The molecule has 2 aliphatic heterocycles. The first-order valence-electron chi connectivity index (χ1n) is 14.4. The van der Waals surface area contributed by atoms with Gasteiger partial charge >= 0.3 is 6.18 Å². The molecule has 2 aromatic heterocycles. The summed E-state index contributed by atoms with van der Waals surface area (Å²) >= 11 is 1.22. The molecule has 0 spiro atoms. The van der Waals surface area contributed by atoms with E-state index in [0.717, 1.165) is 24.8 Å². The SMILES string of the molecule is COc1nc(P(C)C)ccc1NCC#Cc1sc2c(N[C@@H]3CCN(C4CCOCC4)C[C@@H]3F)cccc2c1CC(F)(F)F. The van der Waals surface area contributed by atoms with Crippen LogP contribution in [0.5, 0.6) is 5.88 Å². The lowest BCUT2D eigenvalue weighted by molar-refractivity contribution is -0.126. The minimum Gasteiger partial charge on any atom is -0.480 e. The third-order valence-electron chi connectivity index (χ3n) is 7.88. The van der Waals surface area contributed by atoms with Crippen LogP contribution in [-0.2, 0) is 11.2 Å². The van der Waals surface area contributed by atoms with Gasteiger partial charge in [0.15, 0.2) is 0 Å². The number of benzene rings is 1. The van der Waals surface area contributed by atoms with E-state index in [9.17, 15) is 13.2 Å². The van der Waals surface area contributed by atoms with Crippen LogP contribution in [0.3, 0.4) is 0 Å². The Kier molecular flexibility index (Phi) is 10.3. The maximum Gasteiger partial charge on any atom is 0.393 e. The first kappa shape index (κ1) is 31.8. The Bertz CT molecular complexity index is 1470. The smallest absolute Gasteiger partial charge is 0.393 e. The van der Waals surface area contributed by atoms with E-state index in [2.05, 4.69) is 45.7 Å². The number of piperidine rings is 1. The maximum absolute atomic E-state index is 15.4. The molecule has 4 heterocycles. The lowest BCUT2D eigenvalue weighted by Crippen LogP contribution is -2.52. The number of alkyl halides is 4. The monoisotopic (exact) mass is 636 g/mol. The highest BCUT2D eigenvalue weighted by atomic mass is 32.1. The highest BCUT2D eigenvalue weighted by Gasteiger charge is 2.34. The van der Waals surface area contributed by atoms with Gasteiger partial charge < -0.3 is 20.1 Å². The Hall–Kier alpha value is -2.64. The molecule has 0 radical (unpaired) electrons. The van der Waals surface area contributed by atoms with Crippen LogP contribution in [0.15, 0.2) is 30.3 Å². The van der Waals surface area contributed by atoms with Crippen molar-refractivity contribution in [3.8, 4) is 17.7 Å². The molecule has 2 saturated heterocycles. The Balaban J connectivity index is 1.34. The number of pyridine rings is 1. The first-order valence-corrected chi connectivity index (χ1v) is 17.5. The Labute approximate surface area is 255 Å². The van der Waals surface area contributed by atoms with Crippen molar-refractivity contribution in [2.45, 2.75) is 50.1 Å². The van der Waals surface area contributed by atoms with Crippen LogP contribution in [0.2, 0.25) is 0 Å². The number of likely N-dealkylation sites (tertiary alicyclic amines) is 1. The molecule has 0 bridgehead atoms.